The number of fused-ring (bicyclic) bond motifs is 1. The number of nitrogens with zero attached hydrogens (tertiary/aromatic N) is 4. The van der Waals surface area contributed by atoms with Crippen LogP contribution < -0.4 is 10.6 Å². The van der Waals surface area contributed by atoms with Crippen molar-refractivity contribution in [3.05, 3.63) is 41.2 Å². The zero-order chi connectivity index (χ0) is 23.3. The third-order valence-electron chi connectivity index (χ3n) is 6.03. The predicted octanol–water partition coefficient (Wildman–Crippen LogP) is -0.840. The molecule has 0 saturated carbocycles. The summed E-state index contributed by atoms with van der Waals surface area (Å²) < 4.78 is 24.6. The molecule has 0 bridgehead atoms. The molecule has 2 saturated heterocycles. The Labute approximate surface area is 188 Å². The van der Waals surface area contributed by atoms with Gasteiger partial charge in [0, 0.05) is 29.6 Å². The van der Waals surface area contributed by atoms with Crippen LogP contribution in [-0.2, 0) is 30.6 Å². The number of carbonyl (C=O) groups is 4. The zero-order valence-corrected chi connectivity index (χ0v) is 18.2. The fourth-order valence-electron chi connectivity index (χ4n) is 4.31. The Morgan fingerprint density at radius 1 is 1.15 bits per heavy atom. The normalized spacial score (nSPS) is 27.2. The first kappa shape index (κ1) is 21.6. The van der Waals surface area contributed by atoms with Gasteiger partial charge in [0.1, 0.15) is 17.5 Å². The summed E-state index contributed by atoms with van der Waals surface area (Å²) in [6, 6.07) is 3.48. The van der Waals surface area contributed by atoms with E-state index >= 15 is 0 Å². The highest BCUT2D eigenvalue weighted by molar-refractivity contribution is 7.97. The van der Waals surface area contributed by atoms with Gasteiger partial charge in [-0.05, 0) is 24.6 Å². The predicted molar refractivity (Wildman–Crippen MR) is 112 cm³/mol. The molecule has 33 heavy (non-hydrogen) atoms. The van der Waals surface area contributed by atoms with Crippen molar-refractivity contribution in [3.63, 3.8) is 0 Å². The lowest BCUT2D eigenvalue weighted by molar-refractivity contribution is -0.136. The first-order chi connectivity index (χ1) is 15.7. The summed E-state index contributed by atoms with van der Waals surface area (Å²) in [6.45, 7) is 0.339. The summed E-state index contributed by atoms with van der Waals surface area (Å²) in [4.78, 5) is 50.2. The molecule has 3 atom stereocenters. The highest BCUT2D eigenvalue weighted by atomic mass is 32.3. The minimum Gasteiger partial charge on any atom is -0.615 e. The van der Waals surface area contributed by atoms with Crippen LogP contribution in [-0.4, -0.2) is 71.7 Å². The maximum atomic E-state index is 13.0. The van der Waals surface area contributed by atoms with Crippen LogP contribution >= 0.6 is 0 Å². The molecular formula is C20H20N6O6S. The molecule has 2 N–H and O–H groups in total. The van der Waals surface area contributed by atoms with Crippen LogP contribution in [0.3, 0.4) is 0 Å². The molecular weight excluding hydrogens is 452 g/mol. The molecule has 0 spiro atoms. The van der Waals surface area contributed by atoms with Gasteiger partial charge < -0.3 is 9.87 Å². The van der Waals surface area contributed by atoms with Gasteiger partial charge >= 0.3 is 0 Å². The molecule has 3 unspecified atom stereocenters. The van der Waals surface area contributed by atoms with Gasteiger partial charge in [-0.1, -0.05) is 5.21 Å². The lowest BCUT2D eigenvalue weighted by atomic mass is 10.0. The van der Waals surface area contributed by atoms with Crippen LogP contribution in [0.25, 0.3) is 5.69 Å². The molecule has 0 aliphatic carbocycles. The smallest absolute Gasteiger partial charge is 0.262 e. The van der Waals surface area contributed by atoms with Crippen molar-refractivity contribution in [2.75, 3.05) is 11.5 Å². The zero-order valence-electron chi connectivity index (χ0n) is 17.4. The summed E-state index contributed by atoms with van der Waals surface area (Å²) in [6.07, 6.45) is 2.35. The van der Waals surface area contributed by atoms with Crippen molar-refractivity contribution in [2.45, 2.75) is 37.9 Å². The Balaban J connectivity index is 1.31. The second kappa shape index (κ2) is 7.93. The summed E-state index contributed by atoms with van der Waals surface area (Å²) in [5, 5.41) is 13.5. The van der Waals surface area contributed by atoms with Gasteiger partial charge in [0.2, 0.25) is 11.8 Å². The molecule has 1 aromatic heterocycles. The van der Waals surface area contributed by atoms with E-state index in [2.05, 4.69) is 20.9 Å². The van der Waals surface area contributed by atoms with E-state index in [9.17, 15) is 27.9 Å². The van der Waals surface area contributed by atoms with Crippen molar-refractivity contribution in [1.29, 1.82) is 0 Å². The maximum absolute atomic E-state index is 13.0. The van der Waals surface area contributed by atoms with Crippen molar-refractivity contribution in [2.24, 2.45) is 0 Å². The van der Waals surface area contributed by atoms with E-state index in [-0.39, 0.29) is 41.5 Å². The number of benzene rings is 1. The topological polar surface area (TPSA) is 166 Å². The van der Waals surface area contributed by atoms with E-state index in [0.29, 0.717) is 24.3 Å². The molecule has 3 aliphatic heterocycles. The number of carbonyl (C=O) groups excluding carboxylic acids is 4. The standard InChI is InChI=1S/C20H20N6O6S/c27-17-4-3-16(18(28)22-17)26-19(29)14-2-1-13(7-15(14)20(26)30)25-9-12(23-24-25)8-21-11-5-6-33(31,32)10-11/h1-2,7,9,11,16,21H,3-6,8,10H2,(H-,22,27,28,31,32). The molecule has 2 aromatic rings. The number of aromatic nitrogens is 3. The summed E-state index contributed by atoms with van der Waals surface area (Å²) >= 11 is 0. The number of hydrogen-bond donors (Lipinski definition) is 2. The molecule has 172 valence electrons. The lowest BCUT2D eigenvalue weighted by Crippen LogP contribution is -2.54. The van der Waals surface area contributed by atoms with Crippen LogP contribution in [0.4, 0.5) is 0 Å². The highest BCUT2D eigenvalue weighted by Crippen LogP contribution is 2.29. The minimum absolute atomic E-state index is 0.0532. The molecule has 3 aliphatic rings. The molecule has 0 radical (unpaired) electrons. The SMILES string of the molecule is O=C1CCC(N2C(=O)c3ccc(-n4cc(CNC5CC[S+](=O)([O-])C5)nn4)cc3C2=O)C(=O)N1. The average Bonchev–Trinajstić information content (AvgIpc) is 3.44. The van der Waals surface area contributed by atoms with Gasteiger partial charge in [-0.3, -0.25) is 29.4 Å². The molecule has 4 amide bonds. The molecule has 1 aromatic carbocycles. The number of amides is 4. The molecule has 5 rings (SSSR count). The molecule has 4 heterocycles. The van der Waals surface area contributed by atoms with E-state index in [4.69, 9.17) is 0 Å². The number of piperidine rings is 1. The van der Waals surface area contributed by atoms with E-state index in [1.54, 1.807) is 12.3 Å². The lowest BCUT2D eigenvalue weighted by Gasteiger charge is -2.27. The molecule has 13 heteroatoms. The third-order valence-corrected chi connectivity index (χ3v) is 7.80. The second-order valence-corrected chi connectivity index (χ2v) is 10.5. The third kappa shape index (κ3) is 3.98. The van der Waals surface area contributed by atoms with Gasteiger partial charge in [-0.15, -0.1) is 9.31 Å². The van der Waals surface area contributed by atoms with Gasteiger partial charge in [0.15, 0.2) is 0 Å². The summed E-state index contributed by atoms with van der Waals surface area (Å²) in [5.41, 5.74) is 1.42. The highest BCUT2D eigenvalue weighted by Gasteiger charge is 2.44. The minimum atomic E-state index is -2.98. The van der Waals surface area contributed by atoms with Crippen molar-refractivity contribution in [1.82, 2.24) is 30.5 Å². The van der Waals surface area contributed by atoms with Crippen LogP contribution in [0.1, 0.15) is 45.7 Å². The number of nitrogens with one attached hydrogen (secondary N) is 2. The van der Waals surface area contributed by atoms with Crippen LogP contribution in [0.5, 0.6) is 0 Å². The van der Waals surface area contributed by atoms with E-state index in [1.165, 1.54) is 16.8 Å². The Morgan fingerprint density at radius 2 is 1.94 bits per heavy atom. The quantitative estimate of drug-likeness (QED) is 0.417. The van der Waals surface area contributed by atoms with E-state index in [1.807, 2.05) is 0 Å². The fraction of sp³-hybridized carbons (Fsp3) is 0.400. The van der Waals surface area contributed by atoms with Gasteiger partial charge in [-0.2, -0.15) is 0 Å². The van der Waals surface area contributed by atoms with Gasteiger partial charge in [-0.25, -0.2) is 4.68 Å². The number of imide groups is 2. The number of sulfone groups is 1. The van der Waals surface area contributed by atoms with Crippen molar-refractivity contribution >= 4 is 33.8 Å². The van der Waals surface area contributed by atoms with Crippen LogP contribution in [0.15, 0.2) is 24.4 Å². The van der Waals surface area contributed by atoms with E-state index < -0.39 is 39.9 Å². The Bertz CT molecular complexity index is 1240. The summed E-state index contributed by atoms with van der Waals surface area (Å²) in [7, 11) is -2.98. The maximum Gasteiger partial charge on any atom is 0.262 e. The van der Waals surface area contributed by atoms with Crippen LogP contribution in [0, 0.1) is 0 Å². The largest absolute Gasteiger partial charge is 0.615 e. The Kier molecular flexibility index (Phi) is 5.18. The Hall–Kier alpha value is -3.29. The van der Waals surface area contributed by atoms with Gasteiger partial charge in [0.25, 0.3) is 11.8 Å². The second-order valence-electron chi connectivity index (χ2n) is 8.31. The fourth-order valence-corrected chi connectivity index (χ4v) is 6.02. The van der Waals surface area contributed by atoms with E-state index in [0.717, 1.165) is 4.90 Å². The Morgan fingerprint density at radius 3 is 2.67 bits per heavy atom. The van der Waals surface area contributed by atoms with Gasteiger partial charge in [0.05, 0.1) is 34.7 Å². The molecule has 2 fully saturated rings. The number of rotatable bonds is 5. The van der Waals surface area contributed by atoms with Crippen molar-refractivity contribution in [3.8, 4) is 5.69 Å². The molecule has 12 nitrogen and oxygen atoms in total. The number of hydrogen-bond acceptors (Lipinski definition) is 9. The van der Waals surface area contributed by atoms with Crippen molar-refractivity contribution < 1.29 is 27.9 Å². The average molecular weight is 472 g/mol. The monoisotopic (exact) mass is 472 g/mol. The first-order valence-electron chi connectivity index (χ1n) is 10.4. The summed E-state index contributed by atoms with van der Waals surface area (Å²) in [5.74, 6) is -1.99. The first-order valence-corrected chi connectivity index (χ1v) is 12.2. The van der Waals surface area contributed by atoms with Crippen LogP contribution in [0.2, 0.25) is 0 Å².